The lowest BCUT2D eigenvalue weighted by Crippen LogP contribution is -2.19. The standard InChI is InChI=1S/C18H14BrClN6O2S/c19-12-3-7-14(8-4-12)22-17(28)23-18-26-25-16(29-18)9-15(27)24-21-10-11-1-5-13(20)6-2-11/h1-8,10H,9H2,(H,24,27)(H2,22,23,26,28)/b21-10-. The molecule has 0 aliphatic heterocycles. The van der Waals surface area contributed by atoms with E-state index in [1.165, 1.54) is 6.21 Å². The Kier molecular flexibility index (Phi) is 7.28. The molecule has 11 heteroatoms. The maximum atomic E-state index is 12.0. The number of hydrogen-bond acceptors (Lipinski definition) is 6. The van der Waals surface area contributed by atoms with Crippen molar-refractivity contribution in [1.82, 2.24) is 15.6 Å². The van der Waals surface area contributed by atoms with Gasteiger partial charge in [0.2, 0.25) is 11.0 Å². The van der Waals surface area contributed by atoms with Crippen LogP contribution < -0.4 is 16.1 Å². The third kappa shape index (κ3) is 6.93. The minimum Gasteiger partial charge on any atom is -0.308 e. The van der Waals surface area contributed by atoms with Crippen molar-refractivity contribution in [2.45, 2.75) is 6.42 Å². The molecule has 0 unspecified atom stereocenters. The number of benzene rings is 2. The van der Waals surface area contributed by atoms with E-state index in [0.717, 1.165) is 21.4 Å². The average molecular weight is 494 g/mol. The Morgan fingerprint density at radius 3 is 2.52 bits per heavy atom. The van der Waals surface area contributed by atoms with Gasteiger partial charge < -0.3 is 5.32 Å². The number of hydrazone groups is 1. The van der Waals surface area contributed by atoms with E-state index in [9.17, 15) is 9.59 Å². The second-order valence-corrected chi connectivity index (χ2v) is 8.02. The second-order valence-electron chi connectivity index (χ2n) is 5.61. The minimum atomic E-state index is -0.452. The van der Waals surface area contributed by atoms with Crippen LogP contribution in [0, 0.1) is 0 Å². The summed E-state index contributed by atoms with van der Waals surface area (Å²) in [6.45, 7) is 0. The molecule has 0 atom stereocenters. The van der Waals surface area contributed by atoms with E-state index in [2.05, 4.69) is 47.3 Å². The molecule has 0 spiro atoms. The van der Waals surface area contributed by atoms with Gasteiger partial charge in [0.05, 0.1) is 12.6 Å². The molecule has 0 fully saturated rings. The Bertz CT molecular complexity index is 1020. The van der Waals surface area contributed by atoms with Crippen molar-refractivity contribution >= 4 is 67.8 Å². The number of carbonyl (C=O) groups is 2. The topological polar surface area (TPSA) is 108 Å². The molecule has 0 aliphatic carbocycles. The van der Waals surface area contributed by atoms with Gasteiger partial charge in [0, 0.05) is 15.2 Å². The highest BCUT2D eigenvalue weighted by Gasteiger charge is 2.11. The van der Waals surface area contributed by atoms with Crippen LogP contribution >= 0.6 is 38.9 Å². The molecule has 8 nitrogen and oxygen atoms in total. The van der Waals surface area contributed by atoms with Crippen molar-refractivity contribution in [2.75, 3.05) is 10.6 Å². The van der Waals surface area contributed by atoms with Gasteiger partial charge in [-0.2, -0.15) is 5.10 Å². The maximum absolute atomic E-state index is 12.0. The summed E-state index contributed by atoms with van der Waals surface area (Å²) >= 11 is 10.2. The fraction of sp³-hybridized carbons (Fsp3) is 0.0556. The Morgan fingerprint density at radius 2 is 1.79 bits per heavy atom. The van der Waals surface area contributed by atoms with Gasteiger partial charge in [-0.3, -0.25) is 10.1 Å². The summed E-state index contributed by atoms with van der Waals surface area (Å²) in [4.78, 5) is 23.9. The first-order valence-corrected chi connectivity index (χ1v) is 10.2. The SMILES string of the molecule is O=C(Cc1nnc(NC(=O)Nc2ccc(Br)cc2)s1)N/N=C\c1ccc(Cl)cc1. The van der Waals surface area contributed by atoms with Crippen LogP contribution in [0.15, 0.2) is 58.1 Å². The lowest BCUT2D eigenvalue weighted by molar-refractivity contribution is -0.120. The Hall–Kier alpha value is -2.82. The van der Waals surface area contributed by atoms with Gasteiger partial charge in [-0.25, -0.2) is 10.2 Å². The average Bonchev–Trinajstić information content (AvgIpc) is 3.11. The quantitative estimate of drug-likeness (QED) is 0.351. The van der Waals surface area contributed by atoms with Gasteiger partial charge in [0.1, 0.15) is 5.01 Å². The second kappa shape index (κ2) is 10.1. The van der Waals surface area contributed by atoms with Crippen molar-refractivity contribution in [3.8, 4) is 0 Å². The summed E-state index contributed by atoms with van der Waals surface area (Å²) in [5.74, 6) is -0.350. The smallest absolute Gasteiger partial charge is 0.308 e. The summed E-state index contributed by atoms with van der Waals surface area (Å²) in [7, 11) is 0. The molecule has 0 saturated heterocycles. The van der Waals surface area contributed by atoms with Crippen LogP contribution in [0.5, 0.6) is 0 Å². The van der Waals surface area contributed by atoms with Crippen molar-refractivity contribution in [2.24, 2.45) is 5.10 Å². The van der Waals surface area contributed by atoms with Crippen LogP contribution in [0.4, 0.5) is 15.6 Å². The summed E-state index contributed by atoms with van der Waals surface area (Å²) in [6, 6.07) is 13.7. The van der Waals surface area contributed by atoms with Crippen LogP contribution in [0.1, 0.15) is 10.6 Å². The van der Waals surface area contributed by atoms with E-state index in [4.69, 9.17) is 11.6 Å². The molecule has 3 amide bonds. The monoisotopic (exact) mass is 492 g/mol. The van der Waals surface area contributed by atoms with Crippen molar-refractivity contribution < 1.29 is 9.59 Å². The predicted octanol–water partition coefficient (Wildman–Crippen LogP) is 4.29. The normalized spacial score (nSPS) is 10.7. The largest absolute Gasteiger partial charge is 0.325 e. The fourth-order valence-electron chi connectivity index (χ4n) is 2.07. The number of rotatable bonds is 6. The molecule has 148 valence electrons. The maximum Gasteiger partial charge on any atom is 0.325 e. The summed E-state index contributed by atoms with van der Waals surface area (Å²) in [5.41, 5.74) is 3.85. The molecular weight excluding hydrogens is 480 g/mol. The Labute approximate surface area is 183 Å². The lowest BCUT2D eigenvalue weighted by Gasteiger charge is -2.04. The molecular formula is C18H14BrClN6O2S. The first kappa shape index (κ1) is 20.9. The summed E-state index contributed by atoms with van der Waals surface area (Å²) < 4.78 is 0.910. The number of amides is 3. The zero-order chi connectivity index (χ0) is 20.6. The Morgan fingerprint density at radius 1 is 1.07 bits per heavy atom. The molecule has 0 bridgehead atoms. The third-order valence-corrected chi connectivity index (χ3v) is 4.99. The van der Waals surface area contributed by atoms with E-state index in [1.54, 1.807) is 36.4 Å². The molecule has 3 N–H and O–H groups in total. The molecule has 3 aromatic rings. The van der Waals surface area contributed by atoms with Gasteiger partial charge in [-0.1, -0.05) is 51.0 Å². The molecule has 29 heavy (non-hydrogen) atoms. The molecule has 0 aliphatic rings. The van der Waals surface area contributed by atoms with Crippen molar-refractivity contribution in [1.29, 1.82) is 0 Å². The number of aromatic nitrogens is 2. The van der Waals surface area contributed by atoms with Crippen LogP contribution in [0.2, 0.25) is 5.02 Å². The van der Waals surface area contributed by atoms with Gasteiger partial charge in [-0.05, 0) is 42.0 Å². The van der Waals surface area contributed by atoms with Crippen LogP contribution in [0.25, 0.3) is 0 Å². The number of carbonyl (C=O) groups excluding carboxylic acids is 2. The van der Waals surface area contributed by atoms with Crippen molar-refractivity contribution in [3.63, 3.8) is 0 Å². The van der Waals surface area contributed by atoms with E-state index in [0.29, 0.717) is 15.7 Å². The van der Waals surface area contributed by atoms with Crippen molar-refractivity contribution in [3.05, 3.63) is 68.6 Å². The predicted molar refractivity (Wildman–Crippen MR) is 118 cm³/mol. The van der Waals surface area contributed by atoms with Gasteiger partial charge in [0.15, 0.2) is 0 Å². The first-order chi connectivity index (χ1) is 14.0. The molecule has 1 aromatic heterocycles. The number of nitrogens with one attached hydrogen (secondary N) is 3. The van der Waals surface area contributed by atoms with Gasteiger partial charge in [-0.15, -0.1) is 10.2 Å². The van der Waals surface area contributed by atoms with E-state index in [-0.39, 0.29) is 17.5 Å². The highest BCUT2D eigenvalue weighted by Crippen LogP contribution is 2.17. The molecule has 0 saturated carbocycles. The summed E-state index contributed by atoms with van der Waals surface area (Å²) in [6.07, 6.45) is 1.50. The minimum absolute atomic E-state index is 0.00830. The number of nitrogens with zero attached hydrogens (tertiary/aromatic N) is 3. The van der Waals surface area contributed by atoms with E-state index in [1.807, 2.05) is 12.1 Å². The molecule has 2 aromatic carbocycles. The highest BCUT2D eigenvalue weighted by molar-refractivity contribution is 9.10. The zero-order valence-corrected chi connectivity index (χ0v) is 17.9. The zero-order valence-electron chi connectivity index (χ0n) is 14.7. The van der Waals surface area contributed by atoms with E-state index >= 15 is 0 Å². The van der Waals surface area contributed by atoms with Gasteiger partial charge in [0.25, 0.3) is 0 Å². The van der Waals surface area contributed by atoms with Gasteiger partial charge >= 0.3 is 6.03 Å². The molecule has 0 radical (unpaired) electrons. The number of hydrogen-bond donors (Lipinski definition) is 3. The first-order valence-electron chi connectivity index (χ1n) is 8.21. The van der Waals surface area contributed by atoms with Crippen LogP contribution in [0.3, 0.4) is 0 Å². The lowest BCUT2D eigenvalue weighted by atomic mass is 10.2. The molecule has 3 rings (SSSR count). The number of urea groups is 1. The Balaban J connectivity index is 1.46. The number of halogens is 2. The third-order valence-electron chi connectivity index (χ3n) is 3.37. The van der Waals surface area contributed by atoms with E-state index < -0.39 is 6.03 Å². The summed E-state index contributed by atoms with van der Waals surface area (Å²) in [5, 5.41) is 18.2. The fourth-order valence-corrected chi connectivity index (χ4v) is 3.20. The number of anilines is 2. The molecule has 1 heterocycles. The van der Waals surface area contributed by atoms with Crippen LogP contribution in [-0.2, 0) is 11.2 Å². The van der Waals surface area contributed by atoms with Crippen LogP contribution in [-0.4, -0.2) is 28.4 Å². The highest BCUT2D eigenvalue weighted by atomic mass is 79.9.